The number of rotatable bonds is 7. The highest BCUT2D eigenvalue weighted by molar-refractivity contribution is 6.98. The van der Waals surface area contributed by atoms with Crippen molar-refractivity contribution in [1.29, 1.82) is 0 Å². The van der Waals surface area contributed by atoms with Gasteiger partial charge in [0.05, 0.1) is 58.5 Å². The van der Waals surface area contributed by atoms with E-state index in [0.717, 1.165) is 44.0 Å². The number of para-hydroxylation sites is 6. The van der Waals surface area contributed by atoms with Crippen LogP contribution in [0.3, 0.4) is 0 Å². The van der Waals surface area contributed by atoms with E-state index in [2.05, 4.69) is 47.9 Å². The third-order valence-corrected chi connectivity index (χ3v) is 14.5. The number of pyridine rings is 1. The van der Waals surface area contributed by atoms with E-state index in [1.54, 1.807) is 18.2 Å². The molecule has 0 unspecified atom stereocenters. The molecule has 0 N–H and O–H groups in total. The summed E-state index contributed by atoms with van der Waals surface area (Å²) in [5, 5.41) is 0. The molecule has 9 nitrogen and oxygen atoms in total. The number of nitrogens with zero attached hydrogens (tertiary/aromatic N) is 6. The van der Waals surface area contributed by atoms with Crippen LogP contribution in [-0.2, 0) is 5.41 Å². The zero-order valence-electron chi connectivity index (χ0n) is 50.7. The van der Waals surface area contributed by atoms with Crippen LogP contribution < -0.4 is 40.4 Å². The number of fused-ring (bicyclic) bond motifs is 10. The summed E-state index contributed by atoms with van der Waals surface area (Å²) >= 11 is 0. The van der Waals surface area contributed by atoms with E-state index >= 15 is 0 Å². The molecule has 75 heavy (non-hydrogen) atoms. The molecule has 6 heterocycles. The van der Waals surface area contributed by atoms with Crippen LogP contribution in [0.15, 0.2) is 218 Å². The fourth-order valence-corrected chi connectivity index (χ4v) is 11.1. The molecule has 15 rings (SSSR count). The predicted molar refractivity (Wildman–Crippen MR) is 303 cm³/mol. The van der Waals surface area contributed by atoms with Gasteiger partial charge in [0.25, 0.3) is 6.71 Å². The van der Waals surface area contributed by atoms with Gasteiger partial charge in [0.1, 0.15) is 47.0 Å². The molecule has 3 aliphatic heterocycles. The van der Waals surface area contributed by atoms with Gasteiger partial charge in [0, 0.05) is 46.4 Å². The molecule has 3 aromatic heterocycles. The Labute approximate surface area is 448 Å². The van der Waals surface area contributed by atoms with E-state index in [-0.39, 0.29) is 40.0 Å². The Morgan fingerprint density at radius 2 is 1.25 bits per heavy atom. The van der Waals surface area contributed by atoms with Crippen molar-refractivity contribution >= 4 is 73.7 Å². The SMILES string of the molecule is [2H]c1c([2H])c([2H])c(-c2cccc(-c3c([2H])c([2H])c([2H])c([2H])c3[2H])c2N2CN(c3cc(Oc4ccc5c(c4)n(-c4cc(C(C)(C)C)ccn4)c4nc6ccccc6n54)c4c(c3)Oc3cccc5c3B4c3ccccc3O5)c3ccccc32)c([2H])c1[2H]. The highest BCUT2D eigenvalue weighted by Crippen LogP contribution is 2.51. The number of aromatic nitrogens is 4. The molecule has 0 atom stereocenters. The van der Waals surface area contributed by atoms with Crippen molar-refractivity contribution in [3.05, 3.63) is 224 Å². The van der Waals surface area contributed by atoms with Crippen molar-refractivity contribution in [2.24, 2.45) is 0 Å². The quantitative estimate of drug-likeness (QED) is 0.147. The molecule has 0 fully saturated rings. The Kier molecular flexibility index (Phi) is 7.48. The lowest BCUT2D eigenvalue weighted by Crippen LogP contribution is -2.57. The molecule has 0 spiro atoms. The number of ether oxygens (including phenoxy) is 3. The zero-order valence-corrected chi connectivity index (χ0v) is 40.7. The highest BCUT2D eigenvalue weighted by atomic mass is 16.5. The summed E-state index contributed by atoms with van der Waals surface area (Å²) in [6.45, 7) is 6.11. The Balaban J connectivity index is 0.953. The average Bonchev–Trinajstić information content (AvgIpc) is 1.80. The Bertz CT molecular complexity index is 4760. The van der Waals surface area contributed by atoms with Crippen molar-refractivity contribution in [3.63, 3.8) is 0 Å². The Morgan fingerprint density at radius 3 is 2.01 bits per heavy atom. The Morgan fingerprint density at radius 1 is 0.587 bits per heavy atom. The summed E-state index contributed by atoms with van der Waals surface area (Å²) in [5.74, 6) is 4.79. The second kappa shape index (κ2) is 16.5. The summed E-state index contributed by atoms with van der Waals surface area (Å²) in [6.07, 6.45) is 1.83. The summed E-state index contributed by atoms with van der Waals surface area (Å²) in [5.41, 5.74) is 9.16. The van der Waals surface area contributed by atoms with E-state index in [0.29, 0.717) is 63.2 Å². The molecule has 0 amide bonds. The molecule has 0 aliphatic carbocycles. The van der Waals surface area contributed by atoms with E-state index in [1.165, 1.54) is 0 Å². The normalized spacial score (nSPS) is 15.2. The molecule has 3 aliphatic rings. The van der Waals surface area contributed by atoms with E-state index in [4.69, 9.17) is 32.4 Å². The summed E-state index contributed by atoms with van der Waals surface area (Å²) in [4.78, 5) is 14.1. The monoisotopic (exact) mass is 980 g/mol. The standard InChI is InChI=1S/C65H47BN6O3/c1-65(2,3)43-34-35-67-60(36-43)72-54-39-45(32-33-53(54)71-50-26-12-11-25-49(50)68-64(71)72)73-58-37-44(38-59-62(58)66-48-24-10-15-29-55(48)74-56-30-17-31-57(75-59)61(56)66)69-40-70(52-28-14-13-27-51(52)69)63-46(41-18-6-4-7-19-41)22-16-23-47(63)42-20-8-5-9-21-42/h4-39H,40H2,1-3H3/i4D,5D,6D,7D,8D,9D,18D,19D,20D,21D. The molecule has 10 heteroatoms. The zero-order chi connectivity index (χ0) is 58.6. The Hall–Kier alpha value is -9.54. The van der Waals surface area contributed by atoms with Crippen molar-refractivity contribution < 1.29 is 27.9 Å². The summed E-state index contributed by atoms with van der Waals surface area (Å²) in [6, 6.07) is 43.0. The van der Waals surface area contributed by atoms with Gasteiger partial charge < -0.3 is 24.0 Å². The van der Waals surface area contributed by atoms with Gasteiger partial charge in [0.2, 0.25) is 5.78 Å². The van der Waals surface area contributed by atoms with Gasteiger partial charge in [-0.25, -0.2) is 9.97 Å². The van der Waals surface area contributed by atoms with Crippen LogP contribution in [0.5, 0.6) is 34.5 Å². The third kappa shape index (κ3) is 6.79. The van der Waals surface area contributed by atoms with Crippen LogP contribution in [0.2, 0.25) is 0 Å². The van der Waals surface area contributed by atoms with E-state index in [9.17, 15) is 5.48 Å². The summed E-state index contributed by atoms with van der Waals surface area (Å²) in [7, 11) is 0. The fraction of sp³-hybridized carbons (Fsp3) is 0.0769. The second-order valence-corrected chi connectivity index (χ2v) is 19.9. The maximum absolute atomic E-state index is 9.24. The lowest BCUT2D eigenvalue weighted by Gasteiger charge is -2.34. The molecule has 0 radical (unpaired) electrons. The number of anilines is 4. The molecular weight excluding hydrogens is 924 g/mol. The number of hydrogen-bond donors (Lipinski definition) is 0. The first-order chi connectivity index (χ1) is 41.0. The van der Waals surface area contributed by atoms with Crippen molar-refractivity contribution in [3.8, 4) is 62.6 Å². The molecule has 358 valence electrons. The van der Waals surface area contributed by atoms with Crippen molar-refractivity contribution in [2.45, 2.75) is 26.2 Å². The number of benzene rings is 9. The van der Waals surface area contributed by atoms with Crippen LogP contribution in [0.25, 0.3) is 55.9 Å². The van der Waals surface area contributed by atoms with Crippen LogP contribution in [0.1, 0.15) is 40.0 Å². The van der Waals surface area contributed by atoms with Gasteiger partial charge in [-0.2, -0.15) is 0 Å². The van der Waals surface area contributed by atoms with Crippen LogP contribution in [-0.4, -0.2) is 32.3 Å². The largest absolute Gasteiger partial charge is 0.458 e. The van der Waals surface area contributed by atoms with Gasteiger partial charge in [-0.3, -0.25) is 8.97 Å². The maximum atomic E-state index is 9.24. The number of hydrogen-bond acceptors (Lipinski definition) is 7. The minimum absolute atomic E-state index is 0.00754. The van der Waals surface area contributed by atoms with Gasteiger partial charge in [-0.15, -0.1) is 0 Å². The summed E-state index contributed by atoms with van der Waals surface area (Å²) < 4.78 is 114. The fourth-order valence-electron chi connectivity index (χ4n) is 11.1. The molecule has 12 aromatic rings. The van der Waals surface area contributed by atoms with Gasteiger partial charge >= 0.3 is 0 Å². The van der Waals surface area contributed by atoms with Gasteiger partial charge in [0.15, 0.2) is 0 Å². The predicted octanol–water partition coefficient (Wildman–Crippen LogP) is 14.2. The van der Waals surface area contributed by atoms with Gasteiger partial charge in [-0.1, -0.05) is 148 Å². The highest BCUT2D eigenvalue weighted by Gasteiger charge is 2.43. The first-order valence-corrected chi connectivity index (χ1v) is 24.7. The lowest BCUT2D eigenvalue weighted by atomic mass is 9.34. The number of imidazole rings is 2. The smallest absolute Gasteiger partial charge is 0.265 e. The van der Waals surface area contributed by atoms with Crippen molar-refractivity contribution in [2.75, 3.05) is 16.5 Å². The van der Waals surface area contributed by atoms with E-state index < -0.39 is 67.1 Å². The molecular formula is C65H47BN6O3. The van der Waals surface area contributed by atoms with Crippen LogP contribution in [0, 0.1) is 0 Å². The molecule has 9 aromatic carbocycles. The van der Waals surface area contributed by atoms with E-state index in [1.807, 2.05) is 131 Å². The maximum Gasteiger partial charge on any atom is 0.265 e. The lowest BCUT2D eigenvalue weighted by molar-refractivity contribution is 0.456. The van der Waals surface area contributed by atoms with Gasteiger partial charge in [-0.05, 0) is 94.3 Å². The molecule has 0 bridgehead atoms. The van der Waals surface area contributed by atoms with Crippen molar-refractivity contribution in [1.82, 2.24) is 18.9 Å². The van der Waals surface area contributed by atoms with Crippen LogP contribution in [0.4, 0.5) is 22.7 Å². The molecule has 0 saturated carbocycles. The van der Waals surface area contributed by atoms with Crippen LogP contribution >= 0.6 is 0 Å². The first kappa shape index (κ1) is 34.0. The average molecular weight is 981 g/mol. The second-order valence-electron chi connectivity index (χ2n) is 19.9. The topological polar surface area (TPSA) is 69.3 Å². The third-order valence-electron chi connectivity index (χ3n) is 14.5. The molecule has 0 saturated heterocycles. The minimum Gasteiger partial charge on any atom is -0.458 e. The first-order valence-electron chi connectivity index (χ1n) is 29.7. The minimum atomic E-state index is -0.573.